The van der Waals surface area contributed by atoms with E-state index in [1.54, 1.807) is 0 Å². The summed E-state index contributed by atoms with van der Waals surface area (Å²) in [6, 6.07) is 2.13. The van der Waals surface area contributed by atoms with Gasteiger partial charge in [0, 0.05) is 13.1 Å². The Balaban J connectivity index is 1.78. The molecule has 1 aromatic heterocycles. The molecule has 1 aromatic rings. The van der Waals surface area contributed by atoms with E-state index in [1.807, 2.05) is 6.20 Å². The first-order chi connectivity index (χ1) is 6.92. The van der Waals surface area contributed by atoms with E-state index >= 15 is 0 Å². The van der Waals surface area contributed by atoms with Crippen LogP contribution in [0.3, 0.4) is 0 Å². The lowest BCUT2D eigenvalue weighted by atomic mass is 9.96. The van der Waals surface area contributed by atoms with Crippen LogP contribution >= 0.6 is 0 Å². The maximum atomic E-state index is 5.79. The Labute approximate surface area is 83.5 Å². The normalized spacial score (nSPS) is 20.3. The minimum absolute atomic E-state index is 0.448. The van der Waals surface area contributed by atoms with E-state index in [0.29, 0.717) is 6.10 Å². The molecule has 3 heteroatoms. The molecule has 14 heavy (non-hydrogen) atoms. The Morgan fingerprint density at radius 1 is 1.36 bits per heavy atom. The van der Waals surface area contributed by atoms with Crippen molar-refractivity contribution in [3.8, 4) is 5.75 Å². The molecule has 1 aliphatic heterocycles. The van der Waals surface area contributed by atoms with Crippen LogP contribution in [0.15, 0.2) is 12.3 Å². The summed E-state index contributed by atoms with van der Waals surface area (Å²) in [5.74, 6) is 0.942. The summed E-state index contributed by atoms with van der Waals surface area (Å²) in [5.41, 5.74) is 2.47. The van der Waals surface area contributed by atoms with Gasteiger partial charge in [-0.15, -0.1) is 0 Å². The molecule has 0 atom stereocenters. The highest BCUT2D eigenvalue weighted by molar-refractivity contribution is 5.31. The van der Waals surface area contributed by atoms with Crippen molar-refractivity contribution in [1.82, 2.24) is 10.3 Å². The zero-order valence-electron chi connectivity index (χ0n) is 8.12. The smallest absolute Gasteiger partial charge is 0.138 e. The van der Waals surface area contributed by atoms with Gasteiger partial charge in [-0.2, -0.15) is 0 Å². The van der Waals surface area contributed by atoms with Crippen molar-refractivity contribution < 1.29 is 4.74 Å². The molecule has 0 saturated heterocycles. The van der Waals surface area contributed by atoms with Crippen molar-refractivity contribution in [3.63, 3.8) is 0 Å². The molecule has 3 nitrogen and oxygen atoms in total. The van der Waals surface area contributed by atoms with Crippen LogP contribution in [0.25, 0.3) is 0 Å². The third kappa shape index (κ3) is 1.38. The standard InChI is InChI=1S/C11H14N2O/c1-2-9(3-1)14-10-4-8-5-12-7-11(8)13-6-10/h4,6,9,12H,1-3,5,7H2. The Morgan fingerprint density at radius 3 is 3.07 bits per heavy atom. The molecular formula is C11H14N2O. The van der Waals surface area contributed by atoms with Crippen molar-refractivity contribution in [2.24, 2.45) is 0 Å². The molecule has 2 heterocycles. The van der Waals surface area contributed by atoms with E-state index < -0.39 is 0 Å². The molecule has 0 spiro atoms. The van der Waals surface area contributed by atoms with Crippen molar-refractivity contribution in [3.05, 3.63) is 23.5 Å². The number of hydrogen-bond acceptors (Lipinski definition) is 3. The highest BCUT2D eigenvalue weighted by Crippen LogP contribution is 2.26. The second-order valence-corrected chi connectivity index (χ2v) is 4.05. The number of rotatable bonds is 2. The summed E-state index contributed by atoms with van der Waals surface area (Å²) in [4.78, 5) is 4.38. The number of ether oxygens (including phenoxy) is 1. The van der Waals surface area contributed by atoms with Gasteiger partial charge in [0.25, 0.3) is 0 Å². The molecule has 0 bridgehead atoms. The van der Waals surface area contributed by atoms with E-state index in [-0.39, 0.29) is 0 Å². The largest absolute Gasteiger partial charge is 0.489 e. The third-order valence-electron chi connectivity index (χ3n) is 3.00. The van der Waals surface area contributed by atoms with Gasteiger partial charge in [-0.1, -0.05) is 0 Å². The lowest BCUT2D eigenvalue weighted by molar-refractivity contribution is 0.119. The highest BCUT2D eigenvalue weighted by Gasteiger charge is 2.20. The van der Waals surface area contributed by atoms with Crippen molar-refractivity contribution >= 4 is 0 Å². The van der Waals surface area contributed by atoms with Crippen molar-refractivity contribution in [2.45, 2.75) is 38.5 Å². The second kappa shape index (κ2) is 3.24. The summed E-state index contributed by atoms with van der Waals surface area (Å²) in [5, 5.41) is 3.28. The molecular weight excluding hydrogens is 176 g/mol. The molecule has 2 aliphatic rings. The zero-order valence-corrected chi connectivity index (χ0v) is 8.12. The molecule has 1 fully saturated rings. The van der Waals surface area contributed by atoms with Crippen LogP contribution < -0.4 is 10.1 Å². The fraction of sp³-hybridized carbons (Fsp3) is 0.545. The number of nitrogens with zero attached hydrogens (tertiary/aromatic N) is 1. The molecule has 1 saturated carbocycles. The first kappa shape index (κ1) is 8.24. The lowest BCUT2D eigenvalue weighted by Crippen LogP contribution is -2.24. The molecule has 0 unspecified atom stereocenters. The van der Waals surface area contributed by atoms with Crippen LogP contribution in [0, 0.1) is 0 Å². The van der Waals surface area contributed by atoms with Crippen LogP contribution in [0.4, 0.5) is 0 Å². The Morgan fingerprint density at radius 2 is 2.29 bits per heavy atom. The van der Waals surface area contributed by atoms with E-state index in [1.165, 1.54) is 30.5 Å². The summed E-state index contributed by atoms with van der Waals surface area (Å²) >= 11 is 0. The average Bonchev–Trinajstić information content (AvgIpc) is 2.58. The van der Waals surface area contributed by atoms with Crippen molar-refractivity contribution in [1.29, 1.82) is 0 Å². The molecule has 1 N–H and O–H groups in total. The number of hydrogen-bond donors (Lipinski definition) is 1. The van der Waals surface area contributed by atoms with Crippen LogP contribution in [0.2, 0.25) is 0 Å². The van der Waals surface area contributed by atoms with Crippen LogP contribution in [0.5, 0.6) is 5.75 Å². The van der Waals surface area contributed by atoms with E-state index in [0.717, 1.165) is 18.8 Å². The number of aromatic nitrogens is 1. The van der Waals surface area contributed by atoms with Gasteiger partial charge in [-0.3, -0.25) is 4.98 Å². The highest BCUT2D eigenvalue weighted by atomic mass is 16.5. The van der Waals surface area contributed by atoms with E-state index in [4.69, 9.17) is 4.74 Å². The monoisotopic (exact) mass is 190 g/mol. The minimum Gasteiger partial charge on any atom is -0.489 e. The van der Waals surface area contributed by atoms with Gasteiger partial charge in [-0.25, -0.2) is 0 Å². The maximum absolute atomic E-state index is 5.79. The SMILES string of the molecule is c1nc2c(cc1OC1CCC1)CNC2. The van der Waals surface area contributed by atoms with Gasteiger partial charge in [0.2, 0.25) is 0 Å². The van der Waals surface area contributed by atoms with Gasteiger partial charge in [0.15, 0.2) is 0 Å². The van der Waals surface area contributed by atoms with Crippen LogP contribution in [-0.4, -0.2) is 11.1 Å². The Hall–Kier alpha value is -1.09. The Kier molecular flexibility index (Phi) is 1.91. The number of pyridine rings is 1. The average molecular weight is 190 g/mol. The first-order valence-corrected chi connectivity index (χ1v) is 5.27. The van der Waals surface area contributed by atoms with Gasteiger partial charge >= 0.3 is 0 Å². The molecule has 0 aromatic carbocycles. The van der Waals surface area contributed by atoms with Gasteiger partial charge in [0.1, 0.15) is 5.75 Å². The minimum atomic E-state index is 0.448. The van der Waals surface area contributed by atoms with Crippen LogP contribution in [0.1, 0.15) is 30.5 Å². The topological polar surface area (TPSA) is 34.1 Å². The fourth-order valence-corrected chi connectivity index (χ4v) is 1.89. The third-order valence-corrected chi connectivity index (χ3v) is 3.00. The molecule has 0 radical (unpaired) electrons. The van der Waals surface area contributed by atoms with Gasteiger partial charge in [0.05, 0.1) is 18.0 Å². The van der Waals surface area contributed by atoms with Crippen molar-refractivity contribution in [2.75, 3.05) is 0 Å². The van der Waals surface area contributed by atoms with Crippen LogP contribution in [-0.2, 0) is 13.1 Å². The van der Waals surface area contributed by atoms with Gasteiger partial charge < -0.3 is 10.1 Å². The fourth-order valence-electron chi connectivity index (χ4n) is 1.89. The molecule has 3 rings (SSSR count). The molecule has 0 amide bonds. The van der Waals surface area contributed by atoms with E-state index in [9.17, 15) is 0 Å². The molecule has 1 aliphatic carbocycles. The van der Waals surface area contributed by atoms with E-state index in [2.05, 4.69) is 16.4 Å². The number of fused-ring (bicyclic) bond motifs is 1. The summed E-state index contributed by atoms with van der Waals surface area (Å²) in [6.45, 7) is 1.84. The summed E-state index contributed by atoms with van der Waals surface area (Å²) in [6.07, 6.45) is 6.02. The van der Waals surface area contributed by atoms with Gasteiger partial charge in [-0.05, 0) is 30.9 Å². The molecule has 74 valence electrons. The zero-order chi connectivity index (χ0) is 9.38. The maximum Gasteiger partial charge on any atom is 0.138 e. The Bertz CT molecular complexity index is 347. The lowest BCUT2D eigenvalue weighted by Gasteiger charge is -2.26. The first-order valence-electron chi connectivity index (χ1n) is 5.27. The summed E-state index contributed by atoms with van der Waals surface area (Å²) < 4.78 is 5.79. The number of nitrogens with one attached hydrogen (secondary N) is 1. The second-order valence-electron chi connectivity index (χ2n) is 4.05. The predicted octanol–water partition coefficient (Wildman–Crippen LogP) is 1.62. The quantitative estimate of drug-likeness (QED) is 0.769. The predicted molar refractivity (Wildman–Crippen MR) is 53.0 cm³/mol. The summed E-state index contributed by atoms with van der Waals surface area (Å²) in [7, 11) is 0.